The molecular formula is C20H24N2O2. The lowest BCUT2D eigenvalue weighted by atomic mass is 9.91. The van der Waals surface area contributed by atoms with Crippen LogP contribution in [0.15, 0.2) is 60.7 Å². The topological polar surface area (TPSA) is 41.6 Å². The fourth-order valence-corrected chi connectivity index (χ4v) is 3.15. The van der Waals surface area contributed by atoms with Crippen molar-refractivity contribution in [2.24, 2.45) is 0 Å². The fourth-order valence-electron chi connectivity index (χ4n) is 3.15. The molecule has 1 N–H and O–H groups in total. The monoisotopic (exact) mass is 324 g/mol. The van der Waals surface area contributed by atoms with Gasteiger partial charge in [0.1, 0.15) is 0 Å². The maximum atomic E-state index is 12.7. The molecule has 1 amide bonds. The normalized spacial score (nSPS) is 14.9. The zero-order valence-corrected chi connectivity index (χ0v) is 13.9. The second-order valence-corrected chi connectivity index (χ2v) is 6.12. The third-order valence-corrected chi connectivity index (χ3v) is 4.41. The van der Waals surface area contributed by atoms with E-state index in [-0.39, 0.29) is 11.8 Å². The molecule has 0 bridgehead atoms. The third kappa shape index (κ3) is 4.43. The number of hydroxylamine groups is 1. The molecule has 2 aromatic rings. The van der Waals surface area contributed by atoms with E-state index >= 15 is 0 Å². The van der Waals surface area contributed by atoms with E-state index in [1.807, 2.05) is 60.7 Å². The lowest BCUT2D eigenvalue weighted by molar-refractivity contribution is -0.134. The molecule has 0 atom stereocenters. The molecule has 1 saturated heterocycles. The van der Waals surface area contributed by atoms with Crippen molar-refractivity contribution in [3.05, 3.63) is 71.8 Å². The minimum Gasteiger partial charge on any atom is -0.301 e. The summed E-state index contributed by atoms with van der Waals surface area (Å²) in [7, 11) is 0. The molecule has 4 heteroatoms. The number of rotatable bonds is 7. The van der Waals surface area contributed by atoms with Crippen molar-refractivity contribution in [2.45, 2.75) is 18.8 Å². The van der Waals surface area contributed by atoms with Gasteiger partial charge in [0.25, 0.3) is 5.91 Å². The SMILES string of the molecule is O=C(NOCCN1CCCC1)C(c1ccccc1)c1ccccc1. The van der Waals surface area contributed by atoms with Crippen molar-refractivity contribution in [3.8, 4) is 0 Å². The van der Waals surface area contributed by atoms with Crippen LogP contribution in [0.4, 0.5) is 0 Å². The number of hydrogen-bond donors (Lipinski definition) is 1. The van der Waals surface area contributed by atoms with Gasteiger partial charge in [0, 0.05) is 6.54 Å². The van der Waals surface area contributed by atoms with E-state index in [0.29, 0.717) is 6.61 Å². The molecule has 4 nitrogen and oxygen atoms in total. The van der Waals surface area contributed by atoms with E-state index in [0.717, 1.165) is 30.8 Å². The molecule has 1 aliphatic heterocycles. The van der Waals surface area contributed by atoms with E-state index in [1.165, 1.54) is 12.8 Å². The quantitative estimate of drug-likeness (QED) is 0.629. The summed E-state index contributed by atoms with van der Waals surface area (Å²) in [4.78, 5) is 20.5. The first kappa shape index (κ1) is 16.7. The molecule has 1 fully saturated rings. The lowest BCUT2D eigenvalue weighted by Crippen LogP contribution is -2.33. The molecule has 0 aliphatic carbocycles. The van der Waals surface area contributed by atoms with Gasteiger partial charge in [-0.2, -0.15) is 0 Å². The smallest absolute Gasteiger partial charge is 0.255 e. The van der Waals surface area contributed by atoms with Crippen LogP contribution in [0.25, 0.3) is 0 Å². The Morgan fingerprint density at radius 3 is 2.04 bits per heavy atom. The lowest BCUT2D eigenvalue weighted by Gasteiger charge is -2.19. The van der Waals surface area contributed by atoms with Crippen molar-refractivity contribution in [1.82, 2.24) is 10.4 Å². The van der Waals surface area contributed by atoms with Crippen LogP contribution < -0.4 is 5.48 Å². The van der Waals surface area contributed by atoms with Crippen molar-refractivity contribution in [3.63, 3.8) is 0 Å². The van der Waals surface area contributed by atoms with Crippen LogP contribution in [0.3, 0.4) is 0 Å². The minimum absolute atomic E-state index is 0.131. The highest BCUT2D eigenvalue weighted by Crippen LogP contribution is 2.24. The van der Waals surface area contributed by atoms with Crippen molar-refractivity contribution >= 4 is 5.91 Å². The number of nitrogens with zero attached hydrogens (tertiary/aromatic N) is 1. The zero-order valence-electron chi connectivity index (χ0n) is 13.9. The number of benzene rings is 2. The van der Waals surface area contributed by atoms with E-state index in [1.54, 1.807) is 0 Å². The van der Waals surface area contributed by atoms with Gasteiger partial charge in [0.2, 0.25) is 0 Å². The molecule has 24 heavy (non-hydrogen) atoms. The summed E-state index contributed by atoms with van der Waals surface area (Å²) in [6.45, 7) is 3.64. The van der Waals surface area contributed by atoms with Gasteiger partial charge in [-0.3, -0.25) is 9.63 Å². The Kier molecular flexibility index (Phi) is 5.99. The molecule has 1 aliphatic rings. The fraction of sp³-hybridized carbons (Fsp3) is 0.350. The van der Waals surface area contributed by atoms with Crippen molar-refractivity contribution < 1.29 is 9.63 Å². The highest BCUT2D eigenvalue weighted by molar-refractivity contribution is 5.86. The number of likely N-dealkylation sites (tertiary alicyclic amines) is 1. The van der Waals surface area contributed by atoms with Crippen LogP contribution in [0.5, 0.6) is 0 Å². The Morgan fingerprint density at radius 2 is 1.50 bits per heavy atom. The Hall–Kier alpha value is -2.17. The molecule has 2 aromatic carbocycles. The summed E-state index contributed by atoms with van der Waals surface area (Å²) in [5, 5.41) is 0. The number of hydrogen-bond acceptors (Lipinski definition) is 3. The van der Waals surface area contributed by atoms with E-state index in [4.69, 9.17) is 4.84 Å². The van der Waals surface area contributed by atoms with Gasteiger partial charge in [-0.1, -0.05) is 60.7 Å². The van der Waals surface area contributed by atoms with Gasteiger partial charge < -0.3 is 4.90 Å². The Balaban J connectivity index is 1.61. The molecular weight excluding hydrogens is 300 g/mol. The van der Waals surface area contributed by atoms with Gasteiger partial charge >= 0.3 is 0 Å². The van der Waals surface area contributed by atoms with Crippen LogP contribution >= 0.6 is 0 Å². The average molecular weight is 324 g/mol. The van der Waals surface area contributed by atoms with Gasteiger partial charge in [-0.15, -0.1) is 0 Å². The predicted octanol–water partition coefficient (Wildman–Crippen LogP) is 2.96. The molecule has 1 heterocycles. The van der Waals surface area contributed by atoms with Crippen LogP contribution in [0, 0.1) is 0 Å². The summed E-state index contributed by atoms with van der Waals surface area (Å²) in [6.07, 6.45) is 2.52. The van der Waals surface area contributed by atoms with Gasteiger partial charge in [0.05, 0.1) is 12.5 Å². The predicted molar refractivity (Wildman–Crippen MR) is 94.5 cm³/mol. The highest BCUT2D eigenvalue weighted by atomic mass is 16.7. The van der Waals surface area contributed by atoms with E-state index < -0.39 is 0 Å². The summed E-state index contributed by atoms with van der Waals surface area (Å²) < 4.78 is 0. The maximum absolute atomic E-state index is 12.7. The van der Waals surface area contributed by atoms with E-state index in [2.05, 4.69) is 10.4 Å². The first-order valence-corrected chi connectivity index (χ1v) is 8.58. The molecule has 0 spiro atoms. The molecule has 0 saturated carbocycles. The first-order chi connectivity index (χ1) is 11.8. The summed E-state index contributed by atoms with van der Waals surface area (Å²) in [5.41, 5.74) is 4.56. The molecule has 126 valence electrons. The second kappa shape index (κ2) is 8.62. The van der Waals surface area contributed by atoms with Gasteiger partial charge in [0.15, 0.2) is 0 Å². The van der Waals surface area contributed by atoms with Crippen molar-refractivity contribution in [1.29, 1.82) is 0 Å². The number of nitrogens with one attached hydrogen (secondary N) is 1. The molecule has 3 rings (SSSR count). The summed E-state index contributed by atoms with van der Waals surface area (Å²) >= 11 is 0. The third-order valence-electron chi connectivity index (χ3n) is 4.41. The highest BCUT2D eigenvalue weighted by Gasteiger charge is 2.22. The average Bonchev–Trinajstić information content (AvgIpc) is 3.14. The van der Waals surface area contributed by atoms with Crippen molar-refractivity contribution in [2.75, 3.05) is 26.2 Å². The number of amides is 1. The van der Waals surface area contributed by atoms with Crippen LogP contribution in [-0.4, -0.2) is 37.0 Å². The standard InChI is InChI=1S/C20H24N2O2/c23-20(21-24-16-15-22-13-7-8-14-22)19(17-9-3-1-4-10-17)18-11-5-2-6-12-18/h1-6,9-12,19H,7-8,13-16H2,(H,21,23). The maximum Gasteiger partial charge on any atom is 0.255 e. The Bertz CT molecular complexity index is 585. The van der Waals surface area contributed by atoms with Gasteiger partial charge in [-0.05, 0) is 37.1 Å². The van der Waals surface area contributed by atoms with Gasteiger partial charge in [-0.25, -0.2) is 5.48 Å². The minimum atomic E-state index is -0.362. The van der Waals surface area contributed by atoms with Crippen LogP contribution in [0.1, 0.15) is 29.9 Å². The summed E-state index contributed by atoms with van der Waals surface area (Å²) in [5.74, 6) is -0.493. The molecule has 0 aromatic heterocycles. The number of carbonyl (C=O) groups is 1. The van der Waals surface area contributed by atoms with Crippen LogP contribution in [-0.2, 0) is 9.63 Å². The summed E-state index contributed by atoms with van der Waals surface area (Å²) in [6, 6.07) is 19.6. The molecule has 0 radical (unpaired) electrons. The zero-order chi connectivity index (χ0) is 16.6. The second-order valence-electron chi connectivity index (χ2n) is 6.12. The molecule has 0 unspecified atom stereocenters. The Morgan fingerprint density at radius 1 is 0.958 bits per heavy atom. The Labute approximate surface area is 143 Å². The largest absolute Gasteiger partial charge is 0.301 e. The number of carbonyl (C=O) groups excluding carboxylic acids is 1. The van der Waals surface area contributed by atoms with Crippen LogP contribution in [0.2, 0.25) is 0 Å². The first-order valence-electron chi connectivity index (χ1n) is 8.58. The van der Waals surface area contributed by atoms with E-state index in [9.17, 15) is 4.79 Å².